The van der Waals surface area contributed by atoms with E-state index in [4.69, 9.17) is 11.6 Å². The third kappa shape index (κ3) is 2.71. The zero-order chi connectivity index (χ0) is 13.1. The van der Waals surface area contributed by atoms with Crippen LogP contribution in [0.25, 0.3) is 0 Å². The van der Waals surface area contributed by atoms with Gasteiger partial charge in [0.25, 0.3) is 5.91 Å². The van der Waals surface area contributed by atoms with E-state index in [1.54, 1.807) is 0 Å². The summed E-state index contributed by atoms with van der Waals surface area (Å²) < 4.78 is 0. The molecule has 2 rings (SSSR count). The van der Waals surface area contributed by atoms with Gasteiger partial charge >= 0.3 is 0 Å². The number of piperidine rings is 1. The molecule has 3 nitrogen and oxygen atoms in total. The SMILES string of the molecule is CCN(C(=O)c1scc(C)c1Cl)C1CCNCC1. The Kier molecular flexibility index (Phi) is 4.65. The van der Waals surface area contributed by atoms with Crippen molar-refractivity contribution < 1.29 is 4.79 Å². The van der Waals surface area contributed by atoms with Crippen LogP contribution in [-0.4, -0.2) is 36.5 Å². The van der Waals surface area contributed by atoms with Crippen LogP contribution in [0.15, 0.2) is 5.38 Å². The van der Waals surface area contributed by atoms with Crippen molar-refractivity contribution in [3.05, 3.63) is 20.8 Å². The van der Waals surface area contributed by atoms with E-state index in [2.05, 4.69) is 5.32 Å². The molecule has 1 saturated heterocycles. The predicted octanol–water partition coefficient (Wildman–Crippen LogP) is 2.92. The van der Waals surface area contributed by atoms with Crippen molar-refractivity contribution in [1.82, 2.24) is 10.2 Å². The molecule has 0 aromatic carbocycles. The van der Waals surface area contributed by atoms with Crippen LogP contribution in [0.2, 0.25) is 5.02 Å². The summed E-state index contributed by atoms with van der Waals surface area (Å²) in [6.07, 6.45) is 2.06. The zero-order valence-electron chi connectivity index (χ0n) is 10.8. The highest BCUT2D eigenvalue weighted by atomic mass is 35.5. The first kappa shape index (κ1) is 13.8. The molecule has 5 heteroatoms. The molecule has 1 aromatic rings. The number of halogens is 1. The highest BCUT2D eigenvalue weighted by Crippen LogP contribution is 2.29. The number of thiophene rings is 1. The Balaban J connectivity index is 2.16. The number of aryl methyl sites for hydroxylation is 1. The Morgan fingerprint density at radius 3 is 2.72 bits per heavy atom. The molecule has 0 unspecified atom stereocenters. The summed E-state index contributed by atoms with van der Waals surface area (Å²) in [5.41, 5.74) is 0.992. The van der Waals surface area contributed by atoms with Crippen LogP contribution in [0.3, 0.4) is 0 Å². The molecule has 0 saturated carbocycles. The summed E-state index contributed by atoms with van der Waals surface area (Å²) in [6, 6.07) is 0.349. The second kappa shape index (κ2) is 6.04. The van der Waals surface area contributed by atoms with E-state index in [1.165, 1.54) is 11.3 Å². The fraction of sp³-hybridized carbons (Fsp3) is 0.615. The monoisotopic (exact) mass is 286 g/mol. The number of hydrogen-bond donors (Lipinski definition) is 1. The van der Waals surface area contributed by atoms with Crippen molar-refractivity contribution in [2.75, 3.05) is 19.6 Å². The third-order valence-electron chi connectivity index (χ3n) is 3.44. The molecular formula is C13H19ClN2OS. The number of hydrogen-bond acceptors (Lipinski definition) is 3. The first-order chi connectivity index (χ1) is 8.65. The van der Waals surface area contributed by atoms with Gasteiger partial charge in [-0.2, -0.15) is 0 Å². The minimum atomic E-state index is 0.0903. The van der Waals surface area contributed by atoms with Crippen molar-refractivity contribution in [1.29, 1.82) is 0 Å². The molecule has 0 atom stereocenters. The Morgan fingerprint density at radius 2 is 2.22 bits per heavy atom. The zero-order valence-corrected chi connectivity index (χ0v) is 12.4. The Bertz CT molecular complexity index is 427. The summed E-state index contributed by atoms with van der Waals surface area (Å²) >= 11 is 7.65. The maximum atomic E-state index is 12.5. The van der Waals surface area contributed by atoms with Crippen LogP contribution >= 0.6 is 22.9 Å². The minimum absolute atomic E-state index is 0.0903. The van der Waals surface area contributed by atoms with Crippen molar-refractivity contribution in [2.24, 2.45) is 0 Å². The maximum Gasteiger partial charge on any atom is 0.265 e. The summed E-state index contributed by atoms with van der Waals surface area (Å²) in [6.45, 7) is 6.71. The second-order valence-electron chi connectivity index (χ2n) is 4.63. The first-order valence-corrected chi connectivity index (χ1v) is 7.66. The molecule has 1 amide bonds. The molecule has 1 aromatic heterocycles. The molecule has 1 N–H and O–H groups in total. The summed E-state index contributed by atoms with van der Waals surface area (Å²) in [5, 5.41) is 5.90. The summed E-state index contributed by atoms with van der Waals surface area (Å²) in [5.74, 6) is 0.0903. The van der Waals surface area contributed by atoms with Crippen LogP contribution in [0.1, 0.15) is 35.0 Å². The molecular weight excluding hydrogens is 268 g/mol. The number of nitrogens with zero attached hydrogens (tertiary/aromatic N) is 1. The molecule has 0 radical (unpaired) electrons. The average molecular weight is 287 g/mol. The van der Waals surface area contributed by atoms with E-state index >= 15 is 0 Å². The average Bonchev–Trinajstić information content (AvgIpc) is 2.72. The van der Waals surface area contributed by atoms with E-state index < -0.39 is 0 Å². The highest BCUT2D eigenvalue weighted by Gasteiger charge is 2.27. The number of carbonyl (C=O) groups excluding carboxylic acids is 1. The maximum absolute atomic E-state index is 12.5. The van der Waals surface area contributed by atoms with Gasteiger partial charge < -0.3 is 10.2 Å². The molecule has 1 fully saturated rings. The van der Waals surface area contributed by atoms with Gasteiger partial charge in [0.2, 0.25) is 0 Å². The molecule has 0 spiro atoms. The molecule has 0 aliphatic carbocycles. The summed E-state index contributed by atoms with van der Waals surface area (Å²) in [7, 11) is 0. The fourth-order valence-electron chi connectivity index (χ4n) is 2.39. The Hall–Kier alpha value is -0.580. The lowest BCUT2D eigenvalue weighted by molar-refractivity contribution is 0.0661. The predicted molar refractivity (Wildman–Crippen MR) is 76.7 cm³/mol. The second-order valence-corrected chi connectivity index (χ2v) is 5.89. The van der Waals surface area contributed by atoms with Crippen molar-refractivity contribution in [2.45, 2.75) is 32.7 Å². The molecule has 1 aliphatic rings. The van der Waals surface area contributed by atoms with E-state index in [1.807, 2.05) is 24.1 Å². The number of nitrogens with one attached hydrogen (secondary N) is 1. The lowest BCUT2D eigenvalue weighted by Crippen LogP contribution is -2.45. The van der Waals surface area contributed by atoms with E-state index in [-0.39, 0.29) is 5.91 Å². The van der Waals surface area contributed by atoms with Gasteiger partial charge in [-0.05, 0) is 50.7 Å². The van der Waals surface area contributed by atoms with Gasteiger partial charge in [0.05, 0.1) is 5.02 Å². The van der Waals surface area contributed by atoms with Crippen LogP contribution in [-0.2, 0) is 0 Å². The Morgan fingerprint density at radius 1 is 1.56 bits per heavy atom. The van der Waals surface area contributed by atoms with Gasteiger partial charge in [0.1, 0.15) is 4.88 Å². The Labute approximate surface area is 117 Å². The van der Waals surface area contributed by atoms with Gasteiger partial charge in [0, 0.05) is 12.6 Å². The van der Waals surface area contributed by atoms with Crippen molar-refractivity contribution in [3.63, 3.8) is 0 Å². The largest absolute Gasteiger partial charge is 0.335 e. The van der Waals surface area contributed by atoms with Gasteiger partial charge in [-0.25, -0.2) is 0 Å². The van der Waals surface area contributed by atoms with Gasteiger partial charge in [-0.15, -0.1) is 11.3 Å². The highest BCUT2D eigenvalue weighted by molar-refractivity contribution is 7.13. The topological polar surface area (TPSA) is 32.3 Å². The quantitative estimate of drug-likeness (QED) is 0.927. The van der Waals surface area contributed by atoms with Gasteiger partial charge in [0.15, 0.2) is 0 Å². The van der Waals surface area contributed by atoms with Crippen LogP contribution < -0.4 is 5.32 Å². The van der Waals surface area contributed by atoms with Crippen LogP contribution in [0.5, 0.6) is 0 Å². The van der Waals surface area contributed by atoms with Gasteiger partial charge in [-0.3, -0.25) is 4.79 Å². The lowest BCUT2D eigenvalue weighted by atomic mass is 10.0. The molecule has 0 bridgehead atoms. The third-order valence-corrected chi connectivity index (χ3v) is 5.13. The number of amides is 1. The summed E-state index contributed by atoms with van der Waals surface area (Å²) in [4.78, 5) is 15.2. The number of carbonyl (C=O) groups is 1. The van der Waals surface area contributed by atoms with Crippen LogP contribution in [0, 0.1) is 6.92 Å². The fourth-order valence-corrected chi connectivity index (χ4v) is 3.62. The molecule has 2 heterocycles. The normalized spacial score (nSPS) is 16.8. The minimum Gasteiger partial charge on any atom is -0.335 e. The van der Waals surface area contributed by atoms with E-state index in [0.29, 0.717) is 15.9 Å². The molecule has 1 aliphatic heterocycles. The first-order valence-electron chi connectivity index (χ1n) is 6.40. The van der Waals surface area contributed by atoms with E-state index in [9.17, 15) is 4.79 Å². The number of rotatable bonds is 3. The lowest BCUT2D eigenvalue weighted by Gasteiger charge is -2.33. The molecule has 18 heavy (non-hydrogen) atoms. The smallest absolute Gasteiger partial charge is 0.265 e. The standard InChI is InChI=1S/C13H19ClN2OS/c1-3-16(10-4-6-15-7-5-10)13(17)12-11(14)9(2)8-18-12/h8,10,15H,3-7H2,1-2H3. The van der Waals surface area contributed by atoms with Crippen LogP contribution in [0.4, 0.5) is 0 Å². The van der Waals surface area contributed by atoms with Crippen molar-refractivity contribution in [3.8, 4) is 0 Å². The van der Waals surface area contributed by atoms with Crippen molar-refractivity contribution >= 4 is 28.8 Å². The van der Waals surface area contributed by atoms with Gasteiger partial charge in [-0.1, -0.05) is 11.6 Å². The van der Waals surface area contributed by atoms with E-state index in [0.717, 1.165) is 38.0 Å². The molecule has 100 valence electrons.